The van der Waals surface area contributed by atoms with E-state index in [0.717, 1.165) is 10.0 Å². The molecule has 0 saturated carbocycles. The molecule has 2 rings (SSSR count). The molecule has 0 saturated heterocycles. The van der Waals surface area contributed by atoms with Crippen LogP contribution in [0.1, 0.15) is 11.1 Å². The van der Waals surface area contributed by atoms with Gasteiger partial charge >= 0.3 is 0 Å². The highest BCUT2D eigenvalue weighted by molar-refractivity contribution is 9.11. The van der Waals surface area contributed by atoms with Crippen LogP contribution in [0.2, 0.25) is 0 Å². The Bertz CT molecular complexity index is 562. The van der Waals surface area contributed by atoms with E-state index in [1.165, 1.54) is 12.1 Å². The zero-order valence-electron chi connectivity index (χ0n) is 9.68. The van der Waals surface area contributed by atoms with Crippen LogP contribution in [0.3, 0.4) is 0 Å². The van der Waals surface area contributed by atoms with Gasteiger partial charge in [-0.05, 0) is 29.8 Å². The summed E-state index contributed by atoms with van der Waals surface area (Å²) in [7, 11) is 0. The average Bonchev–Trinajstić information content (AvgIpc) is 2.35. The Balaban J connectivity index is 2.19. The van der Waals surface area contributed by atoms with Crippen LogP contribution in [0.15, 0.2) is 53.0 Å². The minimum Gasteiger partial charge on any atom is -0.508 e. The van der Waals surface area contributed by atoms with Crippen molar-refractivity contribution in [3.63, 3.8) is 0 Å². The first-order chi connectivity index (χ1) is 8.65. The predicted molar refractivity (Wildman–Crippen MR) is 76.8 cm³/mol. The molecule has 0 aliphatic rings. The fourth-order valence-electron chi connectivity index (χ4n) is 1.68. The molecule has 2 aromatic rings. The quantitative estimate of drug-likeness (QED) is 0.839. The second kappa shape index (κ2) is 5.74. The Morgan fingerprint density at radius 3 is 2.50 bits per heavy atom. The van der Waals surface area contributed by atoms with Crippen LogP contribution in [0.25, 0.3) is 6.08 Å². The number of benzene rings is 2. The van der Waals surface area contributed by atoms with E-state index in [0.29, 0.717) is 12.0 Å². The highest BCUT2D eigenvalue weighted by atomic mass is 79.9. The Morgan fingerprint density at radius 2 is 1.78 bits per heavy atom. The van der Waals surface area contributed by atoms with Gasteiger partial charge in [-0.2, -0.15) is 0 Å². The van der Waals surface area contributed by atoms with Crippen LogP contribution >= 0.6 is 15.9 Å². The highest BCUT2D eigenvalue weighted by Gasteiger charge is 2.04. The molecule has 0 atom stereocenters. The summed E-state index contributed by atoms with van der Waals surface area (Å²) in [6.07, 6.45) is 2.53. The second-order valence-corrected chi connectivity index (χ2v) is 5.01. The monoisotopic (exact) mass is 304 g/mol. The van der Waals surface area contributed by atoms with Crippen LogP contribution in [0.5, 0.6) is 11.5 Å². The predicted octanol–water partition coefficient (Wildman–Crippen LogP) is 4.08. The topological polar surface area (TPSA) is 40.5 Å². The van der Waals surface area contributed by atoms with E-state index in [-0.39, 0.29) is 11.5 Å². The molecule has 2 nitrogen and oxygen atoms in total. The molecule has 0 unspecified atom stereocenters. The molecule has 0 heterocycles. The minimum atomic E-state index is 0.155. The van der Waals surface area contributed by atoms with Crippen LogP contribution < -0.4 is 0 Å². The van der Waals surface area contributed by atoms with Gasteiger partial charge in [0.05, 0.1) is 0 Å². The van der Waals surface area contributed by atoms with E-state index < -0.39 is 0 Å². The molecule has 0 aliphatic heterocycles. The number of phenols is 2. The van der Waals surface area contributed by atoms with Gasteiger partial charge in [0.2, 0.25) is 0 Å². The minimum absolute atomic E-state index is 0.155. The van der Waals surface area contributed by atoms with Crippen LogP contribution in [0.4, 0.5) is 0 Å². The van der Waals surface area contributed by atoms with Crippen molar-refractivity contribution in [3.05, 3.63) is 64.1 Å². The van der Waals surface area contributed by atoms with Gasteiger partial charge in [-0.25, -0.2) is 0 Å². The summed E-state index contributed by atoms with van der Waals surface area (Å²) in [5, 5.41) is 19.1. The summed E-state index contributed by atoms with van der Waals surface area (Å²) >= 11 is 3.48. The number of rotatable bonds is 3. The maximum absolute atomic E-state index is 9.69. The summed E-state index contributed by atoms with van der Waals surface area (Å²) in [6.45, 7) is 0. The lowest BCUT2D eigenvalue weighted by atomic mass is 10.1. The van der Waals surface area contributed by atoms with Crippen molar-refractivity contribution < 1.29 is 10.2 Å². The third-order valence-electron chi connectivity index (χ3n) is 2.55. The van der Waals surface area contributed by atoms with Gasteiger partial charge in [0.15, 0.2) is 0 Å². The fraction of sp³-hybridized carbons (Fsp3) is 0.0667. The molecule has 0 radical (unpaired) electrons. The third-order valence-corrected chi connectivity index (χ3v) is 3.05. The first-order valence-electron chi connectivity index (χ1n) is 5.57. The van der Waals surface area contributed by atoms with Crippen LogP contribution in [-0.2, 0) is 6.42 Å². The van der Waals surface area contributed by atoms with E-state index in [4.69, 9.17) is 0 Å². The van der Waals surface area contributed by atoms with Crippen molar-refractivity contribution >= 4 is 22.0 Å². The Morgan fingerprint density at radius 1 is 1.06 bits per heavy atom. The maximum Gasteiger partial charge on any atom is 0.119 e. The lowest BCUT2D eigenvalue weighted by molar-refractivity contribution is 0.455. The lowest BCUT2D eigenvalue weighted by Crippen LogP contribution is -1.86. The van der Waals surface area contributed by atoms with Gasteiger partial charge in [0.1, 0.15) is 11.5 Å². The summed E-state index contributed by atoms with van der Waals surface area (Å²) in [5.74, 6) is 0.342. The first kappa shape index (κ1) is 12.7. The van der Waals surface area contributed by atoms with Crippen molar-refractivity contribution in [2.45, 2.75) is 6.42 Å². The van der Waals surface area contributed by atoms with E-state index in [1.54, 1.807) is 6.07 Å². The third kappa shape index (κ3) is 3.37. The second-order valence-electron chi connectivity index (χ2n) is 3.99. The Kier molecular flexibility index (Phi) is 4.05. The smallest absolute Gasteiger partial charge is 0.119 e. The van der Waals surface area contributed by atoms with E-state index in [9.17, 15) is 10.2 Å². The standard InChI is InChI=1S/C15H13BrO2/c16-13(8-11-4-2-1-3-5-11)9-12-10-14(17)6-7-15(12)18/h1-8,10,17-18H,9H2. The molecule has 18 heavy (non-hydrogen) atoms. The summed E-state index contributed by atoms with van der Waals surface area (Å²) in [4.78, 5) is 0. The molecule has 2 aromatic carbocycles. The molecular weight excluding hydrogens is 292 g/mol. The van der Waals surface area contributed by atoms with Gasteiger partial charge in [-0.15, -0.1) is 0 Å². The van der Waals surface area contributed by atoms with E-state index >= 15 is 0 Å². The summed E-state index contributed by atoms with van der Waals surface area (Å²) < 4.78 is 0.939. The molecule has 0 aliphatic carbocycles. The summed E-state index contributed by atoms with van der Waals surface area (Å²) in [6, 6.07) is 14.4. The summed E-state index contributed by atoms with van der Waals surface area (Å²) in [5.41, 5.74) is 1.78. The number of hydrogen-bond donors (Lipinski definition) is 2. The van der Waals surface area contributed by atoms with Crippen molar-refractivity contribution in [2.75, 3.05) is 0 Å². The van der Waals surface area contributed by atoms with Crippen molar-refractivity contribution in [3.8, 4) is 11.5 Å². The van der Waals surface area contributed by atoms with Gasteiger partial charge in [0.25, 0.3) is 0 Å². The molecular formula is C15H13BrO2. The van der Waals surface area contributed by atoms with Gasteiger partial charge in [0, 0.05) is 16.5 Å². The van der Waals surface area contributed by atoms with Crippen molar-refractivity contribution in [1.82, 2.24) is 0 Å². The lowest BCUT2D eigenvalue weighted by Gasteiger charge is -2.05. The van der Waals surface area contributed by atoms with E-state index in [1.807, 2.05) is 36.4 Å². The molecule has 0 spiro atoms. The van der Waals surface area contributed by atoms with E-state index in [2.05, 4.69) is 15.9 Å². The van der Waals surface area contributed by atoms with Gasteiger partial charge in [-0.1, -0.05) is 46.3 Å². The maximum atomic E-state index is 9.69. The SMILES string of the molecule is Oc1ccc(O)c(CC(Br)=Cc2ccccc2)c1. The van der Waals surface area contributed by atoms with Gasteiger partial charge in [-0.3, -0.25) is 0 Å². The molecule has 92 valence electrons. The number of aromatic hydroxyl groups is 2. The molecule has 2 N–H and O–H groups in total. The molecule has 0 bridgehead atoms. The fourth-order valence-corrected chi connectivity index (χ4v) is 2.24. The van der Waals surface area contributed by atoms with Gasteiger partial charge < -0.3 is 10.2 Å². The van der Waals surface area contributed by atoms with Crippen molar-refractivity contribution in [1.29, 1.82) is 0 Å². The van der Waals surface area contributed by atoms with Crippen LogP contribution in [0, 0.1) is 0 Å². The number of phenolic OH excluding ortho intramolecular Hbond substituents is 2. The molecule has 3 heteroatoms. The molecule has 0 fully saturated rings. The number of hydrogen-bond acceptors (Lipinski definition) is 2. The zero-order chi connectivity index (χ0) is 13.0. The number of allylic oxidation sites excluding steroid dienone is 1. The van der Waals surface area contributed by atoms with Crippen LogP contribution in [-0.4, -0.2) is 10.2 Å². The molecule has 0 aromatic heterocycles. The average molecular weight is 305 g/mol. The van der Waals surface area contributed by atoms with Crippen molar-refractivity contribution in [2.24, 2.45) is 0 Å². The highest BCUT2D eigenvalue weighted by Crippen LogP contribution is 2.27. The Labute approximate surface area is 114 Å². The normalized spacial score (nSPS) is 11.5. The largest absolute Gasteiger partial charge is 0.508 e. The zero-order valence-corrected chi connectivity index (χ0v) is 11.3. The molecule has 0 amide bonds. The number of halogens is 1. The first-order valence-corrected chi connectivity index (χ1v) is 6.36. The Hall–Kier alpha value is -1.74.